The largest absolute Gasteiger partial charge is 0.473 e. The molecule has 2 unspecified atom stereocenters. The number of anilines is 1. The van der Waals surface area contributed by atoms with Crippen molar-refractivity contribution in [3.8, 4) is 5.88 Å². The molecule has 1 fully saturated rings. The van der Waals surface area contributed by atoms with Gasteiger partial charge in [0.15, 0.2) is 0 Å². The quantitative estimate of drug-likeness (QED) is 0.888. The summed E-state index contributed by atoms with van der Waals surface area (Å²) in [5.74, 6) is 2.13. The van der Waals surface area contributed by atoms with Crippen LogP contribution in [0.25, 0.3) is 0 Å². The lowest BCUT2D eigenvalue weighted by atomic mass is 9.71. The van der Waals surface area contributed by atoms with Crippen LogP contribution in [0.2, 0.25) is 0 Å². The summed E-state index contributed by atoms with van der Waals surface area (Å²) in [6, 6.07) is 0. The molecule has 0 aliphatic heterocycles. The lowest BCUT2D eigenvalue weighted by molar-refractivity contribution is 0.0527. The fraction of sp³-hybridized carbons (Fsp3) is 0.733. The Kier molecular flexibility index (Phi) is 4.89. The smallest absolute Gasteiger partial charge is 0.233 e. The third-order valence-electron chi connectivity index (χ3n) is 3.73. The Hall–Kier alpha value is -0.840. The number of aromatic nitrogens is 2. The van der Waals surface area contributed by atoms with E-state index in [9.17, 15) is 0 Å². The van der Waals surface area contributed by atoms with Gasteiger partial charge in [-0.05, 0) is 53.4 Å². The van der Waals surface area contributed by atoms with E-state index in [1.54, 1.807) is 6.33 Å². The van der Waals surface area contributed by atoms with E-state index in [1.807, 2.05) is 6.92 Å². The number of rotatable bonds is 4. The van der Waals surface area contributed by atoms with Gasteiger partial charge in [0.05, 0.1) is 0 Å². The number of nitrogens with one attached hydrogen (secondary N) is 1. The summed E-state index contributed by atoms with van der Waals surface area (Å²) in [7, 11) is 0. The number of ether oxygens (including phenoxy) is 1. The van der Waals surface area contributed by atoms with Crippen LogP contribution in [0.1, 0.15) is 47.0 Å². The second-order valence-electron chi connectivity index (χ2n) is 6.52. The zero-order valence-corrected chi connectivity index (χ0v) is 14.3. The first kappa shape index (κ1) is 15.5. The highest BCUT2D eigenvalue weighted by molar-refractivity contribution is 9.10. The highest BCUT2D eigenvalue weighted by Gasteiger charge is 2.33. The van der Waals surface area contributed by atoms with Crippen LogP contribution in [0.15, 0.2) is 10.8 Å². The first-order valence-corrected chi connectivity index (χ1v) is 8.11. The molecule has 0 radical (unpaired) electrons. The molecule has 112 valence electrons. The van der Waals surface area contributed by atoms with Crippen molar-refractivity contribution in [3.05, 3.63) is 10.8 Å². The van der Waals surface area contributed by atoms with Gasteiger partial charge in [0.2, 0.25) is 5.88 Å². The van der Waals surface area contributed by atoms with Gasteiger partial charge in [-0.3, -0.25) is 0 Å². The summed E-state index contributed by atoms with van der Waals surface area (Å²) in [6.07, 6.45) is 5.21. The molecule has 5 heteroatoms. The normalized spacial score (nSPS) is 25.2. The predicted octanol–water partition coefficient (Wildman–Crippen LogP) is 4.26. The second-order valence-corrected chi connectivity index (χ2v) is 7.32. The molecule has 1 aliphatic carbocycles. The molecule has 1 N–H and O–H groups in total. The lowest BCUT2D eigenvalue weighted by Crippen LogP contribution is -2.34. The molecular formula is C15H24BrN3O. The molecule has 2 atom stereocenters. The zero-order chi connectivity index (χ0) is 14.8. The van der Waals surface area contributed by atoms with E-state index in [4.69, 9.17) is 4.74 Å². The second kappa shape index (κ2) is 6.29. The van der Waals surface area contributed by atoms with Crippen molar-refractivity contribution in [3.63, 3.8) is 0 Å². The Bertz CT molecular complexity index is 464. The topological polar surface area (TPSA) is 47.0 Å². The van der Waals surface area contributed by atoms with Crippen LogP contribution in [-0.4, -0.2) is 22.6 Å². The first-order chi connectivity index (χ1) is 9.41. The maximum absolute atomic E-state index is 6.14. The molecular weight excluding hydrogens is 318 g/mol. The third-order valence-corrected chi connectivity index (χ3v) is 4.44. The molecule has 4 nitrogen and oxygen atoms in total. The van der Waals surface area contributed by atoms with Crippen molar-refractivity contribution >= 4 is 21.7 Å². The van der Waals surface area contributed by atoms with Crippen molar-refractivity contribution in [2.24, 2.45) is 11.3 Å². The maximum Gasteiger partial charge on any atom is 0.233 e. The van der Waals surface area contributed by atoms with Crippen LogP contribution < -0.4 is 10.1 Å². The van der Waals surface area contributed by atoms with E-state index < -0.39 is 0 Å². The SMILES string of the molecule is CCNc1ncnc(OC2CC(C)CC(C)(C)C2)c1Br. The molecule has 2 rings (SSSR count). The Morgan fingerprint density at radius 3 is 2.80 bits per heavy atom. The molecule has 1 aliphatic rings. The van der Waals surface area contributed by atoms with Crippen LogP contribution in [0.5, 0.6) is 5.88 Å². The zero-order valence-electron chi connectivity index (χ0n) is 12.7. The average Bonchev–Trinajstić information content (AvgIpc) is 2.32. The van der Waals surface area contributed by atoms with Gasteiger partial charge in [-0.2, -0.15) is 0 Å². The average molecular weight is 342 g/mol. The summed E-state index contributed by atoms with van der Waals surface area (Å²) in [6.45, 7) is 9.80. The van der Waals surface area contributed by atoms with Gasteiger partial charge in [-0.1, -0.05) is 20.8 Å². The van der Waals surface area contributed by atoms with Crippen molar-refractivity contribution < 1.29 is 4.74 Å². The van der Waals surface area contributed by atoms with E-state index in [0.717, 1.165) is 29.7 Å². The van der Waals surface area contributed by atoms with Crippen LogP contribution in [0, 0.1) is 11.3 Å². The van der Waals surface area contributed by atoms with Crippen molar-refractivity contribution in [1.82, 2.24) is 9.97 Å². The fourth-order valence-corrected chi connectivity index (χ4v) is 3.67. The van der Waals surface area contributed by atoms with Gasteiger partial charge in [0.25, 0.3) is 0 Å². The van der Waals surface area contributed by atoms with Gasteiger partial charge in [-0.15, -0.1) is 0 Å². The van der Waals surface area contributed by atoms with E-state index in [2.05, 4.69) is 52.0 Å². The monoisotopic (exact) mass is 341 g/mol. The molecule has 0 spiro atoms. The Morgan fingerprint density at radius 2 is 2.15 bits per heavy atom. The molecule has 1 saturated carbocycles. The molecule has 0 amide bonds. The van der Waals surface area contributed by atoms with Gasteiger partial charge in [0.1, 0.15) is 22.7 Å². The van der Waals surface area contributed by atoms with Crippen molar-refractivity contribution in [2.75, 3.05) is 11.9 Å². The molecule has 20 heavy (non-hydrogen) atoms. The minimum Gasteiger partial charge on any atom is -0.473 e. The molecule has 0 saturated heterocycles. The molecule has 0 bridgehead atoms. The highest BCUT2D eigenvalue weighted by atomic mass is 79.9. The van der Waals surface area contributed by atoms with E-state index in [1.165, 1.54) is 6.42 Å². The minimum atomic E-state index is 0.231. The summed E-state index contributed by atoms with van der Waals surface area (Å²) in [5, 5.41) is 3.20. The molecule has 1 aromatic rings. The van der Waals surface area contributed by atoms with Gasteiger partial charge in [0, 0.05) is 6.54 Å². The summed E-state index contributed by atoms with van der Waals surface area (Å²) in [5.41, 5.74) is 0.340. The highest BCUT2D eigenvalue weighted by Crippen LogP contribution is 2.40. The fourth-order valence-electron chi connectivity index (χ4n) is 3.23. The van der Waals surface area contributed by atoms with Gasteiger partial charge >= 0.3 is 0 Å². The predicted molar refractivity (Wildman–Crippen MR) is 85.1 cm³/mol. The van der Waals surface area contributed by atoms with Crippen LogP contribution in [0.3, 0.4) is 0 Å². The maximum atomic E-state index is 6.14. The third kappa shape index (κ3) is 3.84. The number of hydrogen-bond donors (Lipinski definition) is 1. The Labute approximate surface area is 129 Å². The van der Waals surface area contributed by atoms with Crippen LogP contribution in [-0.2, 0) is 0 Å². The summed E-state index contributed by atoms with van der Waals surface area (Å²) < 4.78 is 6.96. The Morgan fingerprint density at radius 1 is 1.40 bits per heavy atom. The number of halogens is 1. The van der Waals surface area contributed by atoms with Crippen LogP contribution >= 0.6 is 15.9 Å². The van der Waals surface area contributed by atoms with Gasteiger partial charge < -0.3 is 10.1 Å². The van der Waals surface area contributed by atoms with Crippen molar-refractivity contribution in [2.45, 2.75) is 53.1 Å². The summed E-state index contributed by atoms with van der Waals surface area (Å²) >= 11 is 3.54. The van der Waals surface area contributed by atoms with E-state index >= 15 is 0 Å². The first-order valence-electron chi connectivity index (χ1n) is 7.32. The minimum absolute atomic E-state index is 0.231. The van der Waals surface area contributed by atoms with Crippen LogP contribution in [0.4, 0.5) is 5.82 Å². The standard InChI is InChI=1S/C15H24BrN3O/c1-5-17-13-12(16)14(19-9-18-13)20-11-6-10(2)7-15(3,4)8-11/h9-11H,5-8H2,1-4H3,(H,17,18,19). The number of hydrogen-bond acceptors (Lipinski definition) is 4. The Balaban J connectivity index is 2.11. The molecule has 1 aromatic heterocycles. The van der Waals surface area contributed by atoms with Gasteiger partial charge in [-0.25, -0.2) is 9.97 Å². The summed E-state index contributed by atoms with van der Waals surface area (Å²) in [4.78, 5) is 8.48. The van der Waals surface area contributed by atoms with E-state index in [-0.39, 0.29) is 6.10 Å². The number of nitrogens with zero attached hydrogens (tertiary/aromatic N) is 2. The molecule has 1 heterocycles. The van der Waals surface area contributed by atoms with E-state index in [0.29, 0.717) is 17.2 Å². The molecule has 0 aromatic carbocycles. The van der Waals surface area contributed by atoms with Crippen molar-refractivity contribution in [1.29, 1.82) is 0 Å². The lowest BCUT2D eigenvalue weighted by Gasteiger charge is -2.38.